The van der Waals surface area contributed by atoms with E-state index in [4.69, 9.17) is 10.2 Å². The molecule has 2 atom stereocenters. The second kappa shape index (κ2) is 5.47. The first kappa shape index (κ1) is 10.8. The van der Waals surface area contributed by atoms with Gasteiger partial charge in [-0.05, 0) is 36.1 Å². The van der Waals surface area contributed by atoms with Crippen molar-refractivity contribution < 1.29 is 10.2 Å². The second-order valence-corrected chi connectivity index (χ2v) is 3.63. The maximum atomic E-state index is 9.09. The van der Waals surface area contributed by atoms with Gasteiger partial charge in [0, 0.05) is 0 Å². The molecule has 0 radical (unpaired) electrons. The fraction of sp³-hybridized carbons (Fsp3) is 0.273. The fourth-order valence-electron chi connectivity index (χ4n) is 0.673. The van der Waals surface area contributed by atoms with Gasteiger partial charge < -0.3 is 10.2 Å². The second-order valence-electron chi connectivity index (χ2n) is 2.68. The van der Waals surface area contributed by atoms with Crippen LogP contribution in [0.5, 0.6) is 0 Å². The van der Waals surface area contributed by atoms with Crippen molar-refractivity contribution in [1.82, 2.24) is 0 Å². The molecule has 1 aromatic heterocycles. The van der Waals surface area contributed by atoms with E-state index in [1.165, 1.54) is 18.3 Å². The molecule has 72 valence electrons. The van der Waals surface area contributed by atoms with Crippen molar-refractivity contribution in [3.8, 4) is 23.7 Å². The van der Waals surface area contributed by atoms with E-state index in [0.717, 1.165) is 4.88 Å². The van der Waals surface area contributed by atoms with Crippen LogP contribution in [0.15, 0.2) is 17.5 Å². The summed E-state index contributed by atoms with van der Waals surface area (Å²) in [5, 5.41) is 19.9. The number of hydrogen-bond donors (Lipinski definition) is 2. The molecule has 0 fully saturated rings. The monoisotopic (exact) mass is 206 g/mol. The minimum atomic E-state index is -1.02. The van der Waals surface area contributed by atoms with Gasteiger partial charge in [0.2, 0.25) is 0 Å². The maximum Gasteiger partial charge on any atom is 0.141 e. The minimum Gasteiger partial charge on any atom is -0.390 e. The summed E-state index contributed by atoms with van der Waals surface area (Å²) >= 11 is 1.53. The topological polar surface area (TPSA) is 40.5 Å². The van der Waals surface area contributed by atoms with Crippen LogP contribution < -0.4 is 0 Å². The molecule has 0 aliphatic heterocycles. The van der Waals surface area contributed by atoms with Crippen molar-refractivity contribution in [1.29, 1.82) is 0 Å². The maximum absolute atomic E-state index is 9.09. The highest BCUT2D eigenvalue weighted by Gasteiger charge is 2.04. The molecule has 0 aliphatic carbocycles. The normalized spacial score (nSPS) is 13.1. The average molecular weight is 206 g/mol. The number of hydrogen-bond acceptors (Lipinski definition) is 3. The van der Waals surface area contributed by atoms with Crippen LogP contribution in [0.25, 0.3) is 0 Å². The quantitative estimate of drug-likeness (QED) is 0.669. The molecule has 1 aromatic rings. The molecular weight excluding hydrogens is 196 g/mol. The summed E-state index contributed by atoms with van der Waals surface area (Å²) in [7, 11) is 0. The predicted octanol–water partition coefficient (Wildman–Crippen LogP) is 0.845. The molecule has 0 spiro atoms. The van der Waals surface area contributed by atoms with E-state index in [1.54, 1.807) is 0 Å². The highest BCUT2D eigenvalue weighted by Crippen LogP contribution is 2.04. The minimum absolute atomic E-state index is 0.842. The Morgan fingerprint density at radius 2 is 2.14 bits per heavy atom. The third-order valence-corrected chi connectivity index (χ3v) is 2.23. The highest BCUT2D eigenvalue weighted by atomic mass is 32.1. The summed E-state index contributed by atoms with van der Waals surface area (Å²) in [6, 6.07) is 3.80. The molecule has 0 saturated carbocycles. The van der Waals surface area contributed by atoms with Crippen molar-refractivity contribution in [3.05, 3.63) is 22.4 Å². The van der Waals surface area contributed by atoms with Crippen LogP contribution in [0, 0.1) is 23.7 Å². The molecular formula is C11H10O2S. The van der Waals surface area contributed by atoms with Gasteiger partial charge in [-0.2, -0.15) is 0 Å². The number of thiophene rings is 1. The summed E-state index contributed by atoms with van der Waals surface area (Å²) in [6.07, 6.45) is -1.86. The Labute approximate surface area is 87.2 Å². The van der Waals surface area contributed by atoms with E-state index < -0.39 is 12.2 Å². The Morgan fingerprint density at radius 1 is 1.36 bits per heavy atom. The standard InChI is InChI=1S/C11H10O2S/c1-9(12)11(13)7-3-2-5-10-6-4-8-14-10/h4,6,8-9,11-13H,1H3/t9-,11-/m0/s1. The average Bonchev–Trinajstić information content (AvgIpc) is 2.64. The highest BCUT2D eigenvalue weighted by molar-refractivity contribution is 7.10. The zero-order valence-corrected chi connectivity index (χ0v) is 8.51. The Hall–Kier alpha value is -1.26. The molecule has 2 nitrogen and oxygen atoms in total. The molecule has 3 heteroatoms. The number of rotatable bonds is 1. The van der Waals surface area contributed by atoms with Crippen LogP contribution in [0.2, 0.25) is 0 Å². The Balaban J connectivity index is 2.54. The molecule has 1 rings (SSSR count). The van der Waals surface area contributed by atoms with Gasteiger partial charge in [0.15, 0.2) is 0 Å². The summed E-state index contributed by atoms with van der Waals surface area (Å²) < 4.78 is 0. The fourth-order valence-corrected chi connectivity index (χ4v) is 1.24. The van der Waals surface area contributed by atoms with E-state index in [9.17, 15) is 0 Å². The van der Waals surface area contributed by atoms with Crippen LogP contribution in [-0.4, -0.2) is 22.4 Å². The molecule has 2 N–H and O–H groups in total. The van der Waals surface area contributed by atoms with Crippen molar-refractivity contribution in [3.63, 3.8) is 0 Å². The number of aliphatic hydroxyl groups excluding tert-OH is 2. The van der Waals surface area contributed by atoms with Gasteiger partial charge in [0.1, 0.15) is 6.10 Å². The van der Waals surface area contributed by atoms with Gasteiger partial charge in [0.05, 0.1) is 11.0 Å². The zero-order chi connectivity index (χ0) is 10.4. The lowest BCUT2D eigenvalue weighted by molar-refractivity contribution is 0.0678. The van der Waals surface area contributed by atoms with E-state index in [2.05, 4.69) is 23.7 Å². The largest absolute Gasteiger partial charge is 0.390 e. The van der Waals surface area contributed by atoms with E-state index >= 15 is 0 Å². The van der Waals surface area contributed by atoms with Gasteiger partial charge in [-0.3, -0.25) is 0 Å². The van der Waals surface area contributed by atoms with E-state index in [-0.39, 0.29) is 0 Å². The third kappa shape index (κ3) is 3.64. The van der Waals surface area contributed by atoms with Crippen molar-refractivity contribution in [2.45, 2.75) is 19.1 Å². The Kier molecular flexibility index (Phi) is 4.22. The van der Waals surface area contributed by atoms with Crippen LogP contribution in [0.1, 0.15) is 11.8 Å². The van der Waals surface area contributed by atoms with Gasteiger partial charge in [-0.25, -0.2) is 0 Å². The number of aliphatic hydroxyl groups is 2. The predicted molar refractivity (Wildman–Crippen MR) is 56.7 cm³/mol. The lowest BCUT2D eigenvalue weighted by atomic mass is 10.2. The lowest BCUT2D eigenvalue weighted by Gasteiger charge is -2.03. The lowest BCUT2D eigenvalue weighted by Crippen LogP contribution is -2.19. The molecule has 0 amide bonds. The smallest absolute Gasteiger partial charge is 0.141 e. The van der Waals surface area contributed by atoms with E-state index in [1.807, 2.05) is 17.5 Å². The van der Waals surface area contributed by atoms with Crippen molar-refractivity contribution in [2.24, 2.45) is 0 Å². The third-order valence-electron chi connectivity index (χ3n) is 1.45. The Bertz CT molecular complexity index is 384. The molecule has 1 heterocycles. The first-order chi connectivity index (χ1) is 6.70. The summed E-state index contributed by atoms with van der Waals surface area (Å²) in [4.78, 5) is 0.936. The first-order valence-electron chi connectivity index (χ1n) is 4.11. The Morgan fingerprint density at radius 3 is 2.71 bits per heavy atom. The molecule has 0 aliphatic rings. The van der Waals surface area contributed by atoms with E-state index in [0.29, 0.717) is 0 Å². The van der Waals surface area contributed by atoms with Gasteiger partial charge >= 0.3 is 0 Å². The van der Waals surface area contributed by atoms with Crippen molar-refractivity contribution in [2.75, 3.05) is 0 Å². The van der Waals surface area contributed by atoms with Crippen LogP contribution in [0.4, 0.5) is 0 Å². The summed E-state index contributed by atoms with van der Waals surface area (Å²) in [5.41, 5.74) is 0. The zero-order valence-electron chi connectivity index (χ0n) is 7.69. The summed E-state index contributed by atoms with van der Waals surface area (Å²) in [5.74, 6) is 10.3. The molecule has 0 unspecified atom stereocenters. The van der Waals surface area contributed by atoms with Crippen LogP contribution in [-0.2, 0) is 0 Å². The molecule has 14 heavy (non-hydrogen) atoms. The van der Waals surface area contributed by atoms with Gasteiger partial charge in [0.25, 0.3) is 0 Å². The summed E-state index contributed by atoms with van der Waals surface area (Å²) in [6.45, 7) is 1.48. The van der Waals surface area contributed by atoms with Crippen LogP contribution in [0.3, 0.4) is 0 Å². The molecule has 0 aromatic carbocycles. The molecule has 0 bridgehead atoms. The first-order valence-corrected chi connectivity index (χ1v) is 4.99. The van der Waals surface area contributed by atoms with Crippen molar-refractivity contribution >= 4 is 11.3 Å². The SMILES string of the molecule is C[C@H](O)[C@@H](O)C#CC#Cc1cccs1. The van der Waals surface area contributed by atoms with Crippen LogP contribution >= 0.6 is 11.3 Å². The van der Waals surface area contributed by atoms with Gasteiger partial charge in [-0.15, -0.1) is 11.3 Å². The van der Waals surface area contributed by atoms with Gasteiger partial charge in [-0.1, -0.05) is 12.0 Å². The molecule has 0 saturated heterocycles.